The van der Waals surface area contributed by atoms with Crippen molar-refractivity contribution in [3.05, 3.63) is 40.6 Å². The number of aliphatic carboxylic acids is 1. The minimum absolute atomic E-state index is 0.0173. The van der Waals surface area contributed by atoms with Gasteiger partial charge in [-0.1, -0.05) is 12.1 Å². The summed E-state index contributed by atoms with van der Waals surface area (Å²) in [4.78, 5) is 25.1. The molecule has 0 atom stereocenters. The first-order valence-electron chi connectivity index (χ1n) is 6.07. The van der Waals surface area contributed by atoms with Crippen LogP contribution in [-0.4, -0.2) is 27.5 Å². The number of anilines is 1. The lowest BCUT2D eigenvalue weighted by molar-refractivity contribution is -0.383. The van der Waals surface area contributed by atoms with E-state index in [1.54, 1.807) is 24.4 Å². The summed E-state index contributed by atoms with van der Waals surface area (Å²) >= 11 is 0. The van der Waals surface area contributed by atoms with Crippen molar-refractivity contribution in [2.24, 2.45) is 0 Å². The summed E-state index contributed by atoms with van der Waals surface area (Å²) in [5, 5.41) is 23.7. The molecule has 1 aromatic carbocycles. The number of nitrogens with zero attached hydrogens (tertiary/aromatic N) is 2. The number of nitro benzene ring substituents is 1. The lowest BCUT2D eigenvalue weighted by Gasteiger charge is -2.08. The monoisotopic (exact) mass is 275 g/mol. The van der Waals surface area contributed by atoms with Gasteiger partial charge in [-0.25, -0.2) is 4.98 Å². The molecule has 20 heavy (non-hydrogen) atoms. The van der Waals surface area contributed by atoms with E-state index >= 15 is 0 Å². The number of aromatic nitrogens is 1. The molecule has 0 amide bonds. The van der Waals surface area contributed by atoms with Crippen LogP contribution in [0.2, 0.25) is 0 Å². The average Bonchev–Trinajstić information content (AvgIpc) is 2.42. The second kappa shape index (κ2) is 5.96. The van der Waals surface area contributed by atoms with Gasteiger partial charge < -0.3 is 10.4 Å². The zero-order valence-corrected chi connectivity index (χ0v) is 10.6. The van der Waals surface area contributed by atoms with Gasteiger partial charge in [0.1, 0.15) is 11.2 Å². The number of rotatable bonds is 6. The fourth-order valence-electron chi connectivity index (χ4n) is 1.94. The van der Waals surface area contributed by atoms with Crippen molar-refractivity contribution in [1.82, 2.24) is 4.98 Å². The number of carboxylic acids is 1. The highest BCUT2D eigenvalue weighted by molar-refractivity contribution is 5.98. The van der Waals surface area contributed by atoms with Gasteiger partial charge in [-0.15, -0.1) is 0 Å². The molecule has 0 aliphatic heterocycles. The van der Waals surface area contributed by atoms with Crippen LogP contribution in [0, 0.1) is 10.1 Å². The molecular formula is C13H13N3O4. The molecule has 7 nitrogen and oxygen atoms in total. The molecule has 0 aliphatic carbocycles. The summed E-state index contributed by atoms with van der Waals surface area (Å²) in [5.74, 6) is -0.469. The molecule has 2 rings (SSSR count). The number of hydrogen-bond acceptors (Lipinski definition) is 5. The Bertz CT molecular complexity index is 652. The fourth-order valence-corrected chi connectivity index (χ4v) is 1.94. The van der Waals surface area contributed by atoms with Gasteiger partial charge in [0.2, 0.25) is 0 Å². The quantitative estimate of drug-likeness (QED) is 0.476. The van der Waals surface area contributed by atoms with E-state index in [9.17, 15) is 14.9 Å². The predicted molar refractivity (Wildman–Crippen MR) is 73.8 cm³/mol. The van der Waals surface area contributed by atoms with Crippen molar-refractivity contribution in [3.8, 4) is 0 Å². The van der Waals surface area contributed by atoms with Crippen LogP contribution in [-0.2, 0) is 4.79 Å². The maximum absolute atomic E-state index is 11.1. The third kappa shape index (κ3) is 3.00. The summed E-state index contributed by atoms with van der Waals surface area (Å²) in [6.45, 7) is 0.393. The van der Waals surface area contributed by atoms with Gasteiger partial charge in [0.25, 0.3) is 5.69 Å². The number of nitro groups is 1. The topological polar surface area (TPSA) is 105 Å². The molecule has 0 radical (unpaired) electrons. The first kappa shape index (κ1) is 13.7. The van der Waals surface area contributed by atoms with E-state index in [1.165, 1.54) is 6.07 Å². The molecule has 0 saturated carbocycles. The normalized spacial score (nSPS) is 10.4. The van der Waals surface area contributed by atoms with Crippen LogP contribution < -0.4 is 5.32 Å². The van der Waals surface area contributed by atoms with Crippen molar-refractivity contribution in [1.29, 1.82) is 0 Å². The van der Waals surface area contributed by atoms with Gasteiger partial charge >= 0.3 is 5.97 Å². The standard InChI is InChI=1S/C13H13N3O4/c17-11(18)5-2-7-14-13-12-9(6-8-15-13)3-1-4-10(12)16(19)20/h1,3-4,6,8H,2,5,7H2,(H,14,15)(H,17,18). The minimum Gasteiger partial charge on any atom is -0.481 e. The minimum atomic E-state index is -0.872. The van der Waals surface area contributed by atoms with Gasteiger partial charge in [0.15, 0.2) is 0 Å². The summed E-state index contributed by atoms with van der Waals surface area (Å²) < 4.78 is 0. The molecule has 0 spiro atoms. The highest BCUT2D eigenvalue weighted by Gasteiger charge is 2.15. The van der Waals surface area contributed by atoms with Crippen LogP contribution in [0.25, 0.3) is 10.8 Å². The molecule has 2 aromatic rings. The Morgan fingerprint density at radius 1 is 1.40 bits per heavy atom. The molecule has 0 fully saturated rings. The Hall–Kier alpha value is -2.70. The van der Waals surface area contributed by atoms with Gasteiger partial charge in [-0.3, -0.25) is 14.9 Å². The van der Waals surface area contributed by atoms with Crippen LogP contribution >= 0.6 is 0 Å². The molecule has 1 heterocycles. The van der Waals surface area contributed by atoms with Crippen molar-refractivity contribution < 1.29 is 14.8 Å². The summed E-state index contributed by atoms with van der Waals surface area (Å²) in [5.41, 5.74) is -0.0173. The zero-order valence-electron chi connectivity index (χ0n) is 10.6. The van der Waals surface area contributed by atoms with Crippen molar-refractivity contribution in [2.75, 3.05) is 11.9 Å². The highest BCUT2D eigenvalue weighted by Crippen LogP contribution is 2.30. The van der Waals surface area contributed by atoms with Crippen molar-refractivity contribution in [2.45, 2.75) is 12.8 Å². The third-order valence-electron chi connectivity index (χ3n) is 2.83. The Labute approximate surface area is 114 Å². The van der Waals surface area contributed by atoms with E-state index in [1.807, 2.05) is 0 Å². The number of nitrogens with one attached hydrogen (secondary N) is 1. The number of benzene rings is 1. The number of hydrogen-bond donors (Lipinski definition) is 2. The maximum atomic E-state index is 11.1. The number of pyridine rings is 1. The molecule has 104 valence electrons. The maximum Gasteiger partial charge on any atom is 0.303 e. The van der Waals surface area contributed by atoms with E-state index < -0.39 is 10.9 Å². The molecule has 2 N–H and O–H groups in total. The Morgan fingerprint density at radius 2 is 2.20 bits per heavy atom. The lowest BCUT2D eigenvalue weighted by atomic mass is 10.1. The van der Waals surface area contributed by atoms with E-state index in [2.05, 4.69) is 10.3 Å². The lowest BCUT2D eigenvalue weighted by Crippen LogP contribution is -2.07. The zero-order chi connectivity index (χ0) is 14.5. The van der Waals surface area contributed by atoms with E-state index in [0.29, 0.717) is 24.2 Å². The molecule has 1 aromatic heterocycles. The highest BCUT2D eigenvalue weighted by atomic mass is 16.6. The summed E-state index contributed by atoms with van der Waals surface area (Å²) in [7, 11) is 0. The van der Waals surface area contributed by atoms with Crippen LogP contribution in [0.1, 0.15) is 12.8 Å². The van der Waals surface area contributed by atoms with Gasteiger partial charge in [-0.05, 0) is 17.9 Å². The first-order chi connectivity index (χ1) is 9.59. The Morgan fingerprint density at radius 3 is 2.90 bits per heavy atom. The summed E-state index contributed by atoms with van der Waals surface area (Å²) in [6.07, 6.45) is 2.03. The Kier molecular flexibility index (Phi) is 4.09. The smallest absolute Gasteiger partial charge is 0.303 e. The van der Waals surface area contributed by atoms with Crippen LogP contribution in [0.5, 0.6) is 0 Å². The SMILES string of the molecule is O=C(O)CCCNc1nccc2cccc([N+](=O)[O-])c12. The molecule has 0 saturated heterocycles. The second-order valence-corrected chi connectivity index (χ2v) is 4.22. The predicted octanol–water partition coefficient (Wildman–Crippen LogP) is 2.42. The van der Waals surface area contributed by atoms with E-state index in [-0.39, 0.29) is 12.1 Å². The van der Waals surface area contributed by atoms with E-state index in [0.717, 1.165) is 5.39 Å². The van der Waals surface area contributed by atoms with Gasteiger partial charge in [-0.2, -0.15) is 0 Å². The average molecular weight is 275 g/mol. The van der Waals surface area contributed by atoms with Crippen LogP contribution in [0.4, 0.5) is 11.5 Å². The molecule has 0 bridgehead atoms. The van der Waals surface area contributed by atoms with Crippen molar-refractivity contribution in [3.63, 3.8) is 0 Å². The third-order valence-corrected chi connectivity index (χ3v) is 2.83. The first-order valence-corrected chi connectivity index (χ1v) is 6.07. The molecular weight excluding hydrogens is 262 g/mol. The number of non-ortho nitro benzene ring substituents is 1. The molecule has 0 unspecified atom stereocenters. The molecule has 7 heteroatoms. The fraction of sp³-hybridized carbons (Fsp3) is 0.231. The Balaban J connectivity index is 2.28. The van der Waals surface area contributed by atoms with E-state index in [4.69, 9.17) is 5.11 Å². The number of carbonyl (C=O) groups is 1. The number of carboxylic acid groups (broad SMARTS) is 1. The van der Waals surface area contributed by atoms with Crippen molar-refractivity contribution >= 4 is 28.2 Å². The van der Waals surface area contributed by atoms with Gasteiger partial charge in [0, 0.05) is 25.2 Å². The van der Waals surface area contributed by atoms with Crippen LogP contribution in [0.3, 0.4) is 0 Å². The van der Waals surface area contributed by atoms with Gasteiger partial charge in [0.05, 0.1) is 4.92 Å². The summed E-state index contributed by atoms with van der Waals surface area (Å²) in [6, 6.07) is 6.51. The number of fused-ring (bicyclic) bond motifs is 1. The molecule has 0 aliphatic rings. The largest absolute Gasteiger partial charge is 0.481 e. The second-order valence-electron chi connectivity index (χ2n) is 4.22. The van der Waals surface area contributed by atoms with Crippen LogP contribution in [0.15, 0.2) is 30.5 Å².